The van der Waals surface area contributed by atoms with Gasteiger partial charge in [-0.15, -0.1) is 0 Å². The Morgan fingerprint density at radius 2 is 1.60 bits per heavy atom. The van der Waals surface area contributed by atoms with Crippen LogP contribution in [0.2, 0.25) is 0 Å². The second-order valence-corrected chi connectivity index (χ2v) is 5.24. The van der Waals surface area contributed by atoms with E-state index in [0.29, 0.717) is 5.56 Å². The van der Waals surface area contributed by atoms with Crippen molar-refractivity contribution >= 4 is 17.1 Å². The highest BCUT2D eigenvalue weighted by Gasteiger charge is 2.30. The molecule has 0 aliphatic heterocycles. The van der Waals surface area contributed by atoms with Gasteiger partial charge in [0.25, 0.3) is 11.4 Å². The highest BCUT2D eigenvalue weighted by molar-refractivity contribution is 5.66. The Balaban J connectivity index is 2.27. The van der Waals surface area contributed by atoms with Crippen molar-refractivity contribution in [3.8, 4) is 0 Å². The maximum Gasteiger partial charge on any atom is 0.416 e. The molecule has 132 valence electrons. The summed E-state index contributed by atoms with van der Waals surface area (Å²) in [7, 11) is 1.51. The summed E-state index contributed by atoms with van der Waals surface area (Å²) in [5.74, 6) is 0. The maximum atomic E-state index is 12.6. The number of anilines is 1. The summed E-state index contributed by atoms with van der Waals surface area (Å²) in [6.45, 7) is 0.0940. The zero-order valence-electron chi connectivity index (χ0n) is 12.9. The van der Waals surface area contributed by atoms with Crippen LogP contribution in [0.15, 0.2) is 42.5 Å². The Hall–Kier alpha value is -3.17. The smallest absolute Gasteiger partial charge is 0.365 e. The van der Waals surface area contributed by atoms with Crippen molar-refractivity contribution in [1.29, 1.82) is 0 Å². The van der Waals surface area contributed by atoms with Crippen LogP contribution >= 0.6 is 0 Å². The quantitative estimate of drug-likeness (QED) is 0.593. The average molecular weight is 355 g/mol. The van der Waals surface area contributed by atoms with Crippen molar-refractivity contribution < 1.29 is 23.0 Å². The van der Waals surface area contributed by atoms with Gasteiger partial charge < -0.3 is 4.90 Å². The number of nitro benzene ring substituents is 2. The number of non-ortho nitro benzene ring substituents is 1. The lowest BCUT2D eigenvalue weighted by Gasteiger charge is -2.19. The molecule has 0 saturated carbocycles. The van der Waals surface area contributed by atoms with E-state index in [4.69, 9.17) is 0 Å². The Morgan fingerprint density at radius 1 is 1.00 bits per heavy atom. The summed E-state index contributed by atoms with van der Waals surface area (Å²) >= 11 is 0. The molecule has 0 aromatic heterocycles. The Labute approximate surface area is 139 Å². The summed E-state index contributed by atoms with van der Waals surface area (Å²) in [6, 6.07) is 7.61. The fourth-order valence-electron chi connectivity index (χ4n) is 2.25. The van der Waals surface area contributed by atoms with Gasteiger partial charge in [0, 0.05) is 19.7 Å². The number of benzene rings is 2. The first-order valence-corrected chi connectivity index (χ1v) is 6.89. The lowest BCUT2D eigenvalue weighted by molar-refractivity contribution is -0.393. The summed E-state index contributed by atoms with van der Waals surface area (Å²) < 4.78 is 37.7. The monoisotopic (exact) mass is 355 g/mol. The lowest BCUT2D eigenvalue weighted by Crippen LogP contribution is -2.18. The van der Waals surface area contributed by atoms with Crippen LogP contribution in [-0.4, -0.2) is 16.9 Å². The first kappa shape index (κ1) is 18.2. The van der Waals surface area contributed by atoms with E-state index in [9.17, 15) is 33.4 Å². The molecular weight excluding hydrogens is 343 g/mol. The van der Waals surface area contributed by atoms with Gasteiger partial charge in [-0.3, -0.25) is 20.2 Å². The van der Waals surface area contributed by atoms with E-state index in [1.165, 1.54) is 30.1 Å². The van der Waals surface area contributed by atoms with Gasteiger partial charge in [0.2, 0.25) is 0 Å². The Bertz CT molecular complexity index is 807. The van der Waals surface area contributed by atoms with Gasteiger partial charge in [-0.25, -0.2) is 0 Å². The van der Waals surface area contributed by atoms with E-state index < -0.39 is 33.0 Å². The molecule has 0 spiro atoms. The topological polar surface area (TPSA) is 89.5 Å². The molecule has 0 aliphatic rings. The lowest BCUT2D eigenvalue weighted by atomic mass is 10.1. The van der Waals surface area contributed by atoms with E-state index in [1.807, 2.05) is 0 Å². The van der Waals surface area contributed by atoms with Crippen molar-refractivity contribution in [3.63, 3.8) is 0 Å². The summed E-state index contributed by atoms with van der Waals surface area (Å²) in [5.41, 5.74) is -1.04. The molecule has 2 aromatic carbocycles. The van der Waals surface area contributed by atoms with Gasteiger partial charge in [0.1, 0.15) is 5.69 Å². The molecule has 0 aliphatic carbocycles. The predicted octanol–water partition coefficient (Wildman–Crippen LogP) is 4.16. The Morgan fingerprint density at radius 3 is 2.08 bits per heavy atom. The molecule has 0 unspecified atom stereocenters. The van der Waals surface area contributed by atoms with Crippen LogP contribution in [0.4, 0.5) is 30.2 Å². The molecule has 25 heavy (non-hydrogen) atoms. The maximum absolute atomic E-state index is 12.6. The summed E-state index contributed by atoms with van der Waals surface area (Å²) in [6.07, 6.45) is -4.44. The molecular formula is C15H12F3N3O4. The average Bonchev–Trinajstić information content (AvgIpc) is 2.53. The molecule has 0 heterocycles. The van der Waals surface area contributed by atoms with Crippen molar-refractivity contribution in [3.05, 3.63) is 73.8 Å². The highest BCUT2D eigenvalue weighted by atomic mass is 19.4. The fraction of sp³-hybridized carbons (Fsp3) is 0.200. The van der Waals surface area contributed by atoms with E-state index >= 15 is 0 Å². The van der Waals surface area contributed by atoms with Gasteiger partial charge in [-0.05, 0) is 23.8 Å². The van der Waals surface area contributed by atoms with E-state index in [0.717, 1.165) is 24.3 Å². The van der Waals surface area contributed by atoms with E-state index in [2.05, 4.69) is 0 Å². The molecule has 0 saturated heterocycles. The Kier molecular flexibility index (Phi) is 4.91. The third-order valence-corrected chi connectivity index (χ3v) is 3.48. The van der Waals surface area contributed by atoms with Crippen LogP contribution in [0.25, 0.3) is 0 Å². The van der Waals surface area contributed by atoms with Crippen molar-refractivity contribution in [2.75, 3.05) is 11.9 Å². The third kappa shape index (κ3) is 4.22. The molecule has 0 N–H and O–H groups in total. The fourth-order valence-corrected chi connectivity index (χ4v) is 2.25. The minimum absolute atomic E-state index is 0.0940. The SMILES string of the molecule is CN(Cc1ccc(C(F)(F)F)cc1)c1ccc([N+](=O)[O-])cc1[N+](=O)[O-]. The molecule has 0 bridgehead atoms. The van der Waals surface area contributed by atoms with Crippen LogP contribution < -0.4 is 4.90 Å². The zero-order chi connectivity index (χ0) is 18.8. The molecule has 0 radical (unpaired) electrons. The molecule has 0 fully saturated rings. The van der Waals surface area contributed by atoms with Crippen LogP contribution in [0.3, 0.4) is 0 Å². The van der Waals surface area contributed by atoms with E-state index in [-0.39, 0.29) is 12.2 Å². The standard InChI is InChI=1S/C15H12F3N3O4/c1-19(9-10-2-4-11(5-3-10)15(16,17)18)13-7-6-12(20(22)23)8-14(13)21(24)25/h2-8H,9H2,1H3. The van der Waals surface area contributed by atoms with Crippen LogP contribution in [0.5, 0.6) is 0 Å². The summed E-state index contributed by atoms with van der Waals surface area (Å²) in [4.78, 5) is 21.8. The number of rotatable bonds is 5. The van der Waals surface area contributed by atoms with Gasteiger partial charge in [-0.2, -0.15) is 13.2 Å². The third-order valence-electron chi connectivity index (χ3n) is 3.48. The van der Waals surface area contributed by atoms with Gasteiger partial charge in [0.15, 0.2) is 0 Å². The van der Waals surface area contributed by atoms with Gasteiger partial charge in [0.05, 0.1) is 21.5 Å². The largest absolute Gasteiger partial charge is 0.416 e. The number of hydrogen-bond donors (Lipinski definition) is 0. The minimum Gasteiger partial charge on any atom is -0.365 e. The predicted molar refractivity (Wildman–Crippen MR) is 83.3 cm³/mol. The minimum atomic E-state index is -4.44. The molecule has 0 atom stereocenters. The first-order chi connectivity index (χ1) is 11.6. The van der Waals surface area contributed by atoms with Crippen LogP contribution in [0, 0.1) is 20.2 Å². The molecule has 7 nitrogen and oxygen atoms in total. The molecule has 2 rings (SSSR count). The number of nitro groups is 2. The number of alkyl halides is 3. The van der Waals surface area contributed by atoms with Crippen LogP contribution in [0.1, 0.15) is 11.1 Å². The first-order valence-electron chi connectivity index (χ1n) is 6.89. The second kappa shape index (κ2) is 6.75. The van der Waals surface area contributed by atoms with Gasteiger partial charge >= 0.3 is 6.18 Å². The number of hydrogen-bond acceptors (Lipinski definition) is 5. The van der Waals surface area contributed by atoms with Crippen molar-refractivity contribution in [2.45, 2.75) is 12.7 Å². The normalized spacial score (nSPS) is 11.2. The second-order valence-electron chi connectivity index (χ2n) is 5.24. The zero-order valence-corrected chi connectivity index (χ0v) is 12.9. The molecule has 0 amide bonds. The number of nitrogens with zero attached hydrogens (tertiary/aromatic N) is 3. The van der Waals surface area contributed by atoms with Crippen molar-refractivity contribution in [1.82, 2.24) is 0 Å². The summed E-state index contributed by atoms with van der Waals surface area (Å²) in [5, 5.41) is 21.9. The van der Waals surface area contributed by atoms with E-state index in [1.54, 1.807) is 0 Å². The molecule has 10 heteroatoms. The molecule has 2 aromatic rings. The highest BCUT2D eigenvalue weighted by Crippen LogP contribution is 2.33. The van der Waals surface area contributed by atoms with Gasteiger partial charge in [-0.1, -0.05) is 12.1 Å². The van der Waals surface area contributed by atoms with Crippen molar-refractivity contribution in [2.24, 2.45) is 0 Å². The van der Waals surface area contributed by atoms with Crippen LogP contribution in [-0.2, 0) is 12.7 Å². The number of halogens is 3.